The van der Waals surface area contributed by atoms with Crippen LogP contribution < -0.4 is 10.7 Å². The molecule has 6 heterocycles. The summed E-state index contributed by atoms with van der Waals surface area (Å²) < 4.78 is 14.2. The van der Waals surface area contributed by atoms with Crippen LogP contribution in [0.25, 0.3) is 33.4 Å². The Kier molecular flexibility index (Phi) is 14.6. The number of cyclic esters (lactones) is 1. The van der Waals surface area contributed by atoms with Gasteiger partial charge in [0, 0.05) is 92.7 Å². The third kappa shape index (κ3) is 10.2. The van der Waals surface area contributed by atoms with E-state index in [9.17, 15) is 24.0 Å². The number of aromatic nitrogens is 3. The average Bonchev–Trinajstić information content (AvgIpc) is 3.78. The van der Waals surface area contributed by atoms with Crippen molar-refractivity contribution in [2.75, 3.05) is 47.1 Å². The van der Waals surface area contributed by atoms with Gasteiger partial charge in [-0.3, -0.25) is 29.2 Å². The number of esters is 1. The lowest BCUT2D eigenvalue weighted by molar-refractivity contribution is -0.155. The van der Waals surface area contributed by atoms with E-state index in [0.717, 1.165) is 57.5 Å². The molecule has 4 atom stereocenters. The molecular formula is C48H65N9O7S. The Labute approximate surface area is 386 Å². The van der Waals surface area contributed by atoms with Gasteiger partial charge in [-0.2, -0.15) is 0 Å². The molecule has 2 N–H and O–H groups in total. The topological polar surface area (TPSA) is 172 Å². The van der Waals surface area contributed by atoms with Gasteiger partial charge in [-0.05, 0) is 81.7 Å². The smallest absolute Gasteiger partial charge is 0.324 e. The summed E-state index contributed by atoms with van der Waals surface area (Å²) in [6.45, 7) is 15.8. The number of hydrogen-bond donors (Lipinski definition) is 2. The molecule has 7 rings (SSSR count). The number of carbonyl (C=O) groups is 5. The number of likely N-dealkylation sites (N-methyl/N-ethyl adjacent to an activating group) is 1. The molecule has 17 heteroatoms. The maximum Gasteiger partial charge on any atom is 0.324 e. The van der Waals surface area contributed by atoms with E-state index in [-0.39, 0.29) is 43.7 Å². The molecule has 65 heavy (non-hydrogen) atoms. The highest BCUT2D eigenvalue weighted by Gasteiger charge is 2.39. The molecule has 350 valence electrons. The van der Waals surface area contributed by atoms with E-state index in [0.29, 0.717) is 50.4 Å². The zero-order valence-electron chi connectivity index (χ0n) is 39.3. The minimum Gasteiger partial charge on any atom is -0.464 e. The number of amides is 5. The van der Waals surface area contributed by atoms with Crippen LogP contribution in [-0.2, 0) is 48.0 Å². The number of methoxy groups -OCH3 is 1. The molecule has 0 unspecified atom stereocenters. The monoisotopic (exact) mass is 911 g/mol. The van der Waals surface area contributed by atoms with Crippen molar-refractivity contribution < 1.29 is 33.4 Å². The van der Waals surface area contributed by atoms with Crippen LogP contribution in [0.5, 0.6) is 0 Å². The molecule has 2 fully saturated rings. The molecule has 5 amide bonds. The van der Waals surface area contributed by atoms with Gasteiger partial charge in [0.1, 0.15) is 18.1 Å². The van der Waals surface area contributed by atoms with Crippen LogP contribution in [0.3, 0.4) is 0 Å². The molecule has 0 saturated carbocycles. The lowest BCUT2D eigenvalue weighted by Crippen LogP contribution is -2.62. The number of ether oxygens (including phenoxy) is 2. The second-order valence-electron chi connectivity index (χ2n) is 18.7. The Morgan fingerprint density at radius 2 is 1.83 bits per heavy atom. The van der Waals surface area contributed by atoms with Gasteiger partial charge >= 0.3 is 12.0 Å². The molecule has 4 aromatic rings. The molecule has 6 bridgehead atoms. The number of hydrogen-bond acceptors (Lipinski definition) is 11. The molecule has 3 aliphatic rings. The Hall–Kier alpha value is -5.39. The lowest BCUT2D eigenvalue weighted by Gasteiger charge is -2.37. The number of pyridine rings is 1. The number of hydrazine groups is 1. The fourth-order valence-corrected chi connectivity index (χ4v) is 10.3. The van der Waals surface area contributed by atoms with E-state index in [2.05, 4.69) is 60.3 Å². The van der Waals surface area contributed by atoms with Crippen LogP contribution in [0.4, 0.5) is 4.79 Å². The van der Waals surface area contributed by atoms with Crippen LogP contribution in [-0.4, -0.2) is 129 Å². The number of carbonyl (C=O) groups excluding carboxylic acids is 5. The van der Waals surface area contributed by atoms with E-state index < -0.39 is 41.3 Å². The van der Waals surface area contributed by atoms with Crippen molar-refractivity contribution in [1.82, 2.24) is 45.0 Å². The van der Waals surface area contributed by atoms with Gasteiger partial charge in [-0.15, -0.1) is 11.3 Å². The van der Waals surface area contributed by atoms with E-state index in [4.69, 9.17) is 19.4 Å². The highest BCUT2D eigenvalue weighted by Crippen LogP contribution is 2.42. The molecule has 2 saturated heterocycles. The van der Waals surface area contributed by atoms with Gasteiger partial charge in [-0.1, -0.05) is 33.8 Å². The van der Waals surface area contributed by atoms with E-state index in [1.165, 1.54) is 28.2 Å². The van der Waals surface area contributed by atoms with E-state index in [1.807, 2.05) is 32.2 Å². The van der Waals surface area contributed by atoms with E-state index in [1.54, 1.807) is 30.2 Å². The zero-order chi connectivity index (χ0) is 46.7. The van der Waals surface area contributed by atoms with Crippen LogP contribution in [0.1, 0.15) is 96.5 Å². The number of nitrogens with one attached hydrogen (secondary N) is 2. The zero-order valence-corrected chi connectivity index (χ0v) is 40.1. The highest BCUT2D eigenvalue weighted by molar-refractivity contribution is 7.10. The molecule has 0 radical (unpaired) electrons. The Balaban J connectivity index is 1.27. The molecule has 16 nitrogen and oxygen atoms in total. The predicted molar refractivity (Wildman–Crippen MR) is 249 cm³/mol. The van der Waals surface area contributed by atoms with Gasteiger partial charge in [0.05, 0.1) is 41.5 Å². The first-order chi connectivity index (χ1) is 31.0. The summed E-state index contributed by atoms with van der Waals surface area (Å²) in [5.74, 6) is -1.82. The largest absolute Gasteiger partial charge is 0.464 e. The van der Waals surface area contributed by atoms with Crippen LogP contribution in [0, 0.1) is 11.3 Å². The normalized spacial score (nSPS) is 20.5. The second-order valence-corrected chi connectivity index (χ2v) is 19.7. The highest BCUT2D eigenvalue weighted by atomic mass is 32.1. The summed E-state index contributed by atoms with van der Waals surface area (Å²) in [6, 6.07) is 7.22. The summed E-state index contributed by atoms with van der Waals surface area (Å²) in [7, 11) is 3.28. The summed E-state index contributed by atoms with van der Waals surface area (Å²) in [6.07, 6.45) is 4.69. The summed E-state index contributed by atoms with van der Waals surface area (Å²) >= 11 is 1.41. The number of aryl methyl sites for hydroxylation is 1. The second kappa shape index (κ2) is 20.0. The number of nitrogens with zero attached hydrogens (tertiary/aromatic N) is 7. The molecule has 1 aromatic carbocycles. The quantitative estimate of drug-likeness (QED) is 0.195. The third-order valence-electron chi connectivity index (χ3n) is 12.9. The van der Waals surface area contributed by atoms with Crippen molar-refractivity contribution in [3.8, 4) is 22.5 Å². The van der Waals surface area contributed by atoms with Gasteiger partial charge in [0.15, 0.2) is 0 Å². The summed E-state index contributed by atoms with van der Waals surface area (Å²) in [4.78, 5) is 83.9. The van der Waals surface area contributed by atoms with Crippen molar-refractivity contribution in [1.29, 1.82) is 0 Å². The number of thiazole rings is 1. The first-order valence-electron chi connectivity index (χ1n) is 22.9. The molecule has 0 aliphatic carbocycles. The van der Waals surface area contributed by atoms with Gasteiger partial charge < -0.3 is 34.1 Å². The molecule has 3 aromatic heterocycles. The molecular weight excluding hydrogens is 847 g/mol. The minimum atomic E-state index is -1.09. The minimum absolute atomic E-state index is 0.0736. The van der Waals surface area contributed by atoms with Crippen molar-refractivity contribution in [3.05, 3.63) is 58.2 Å². The number of fused-ring (bicyclic) bond motifs is 6. The first-order valence-corrected chi connectivity index (χ1v) is 23.8. The number of urea groups is 1. The van der Waals surface area contributed by atoms with E-state index >= 15 is 0 Å². The maximum absolute atomic E-state index is 14.6. The predicted octanol–water partition coefficient (Wildman–Crippen LogP) is 6.18. The van der Waals surface area contributed by atoms with Gasteiger partial charge in [0.25, 0.3) is 5.91 Å². The van der Waals surface area contributed by atoms with Gasteiger partial charge in [0.2, 0.25) is 11.8 Å². The molecule has 0 spiro atoms. The summed E-state index contributed by atoms with van der Waals surface area (Å²) in [5, 5.41) is 8.10. The maximum atomic E-state index is 14.6. The van der Waals surface area contributed by atoms with Crippen molar-refractivity contribution in [3.63, 3.8) is 0 Å². The third-order valence-corrected chi connectivity index (χ3v) is 13.8. The van der Waals surface area contributed by atoms with Crippen molar-refractivity contribution in [2.45, 2.75) is 118 Å². The van der Waals surface area contributed by atoms with Crippen LogP contribution >= 0.6 is 11.3 Å². The first kappa shape index (κ1) is 47.6. The fourth-order valence-electron chi connectivity index (χ4n) is 9.45. The Morgan fingerprint density at radius 1 is 1.08 bits per heavy atom. The van der Waals surface area contributed by atoms with Crippen molar-refractivity contribution in [2.24, 2.45) is 11.3 Å². The van der Waals surface area contributed by atoms with Gasteiger partial charge in [-0.25, -0.2) is 15.2 Å². The van der Waals surface area contributed by atoms with Crippen molar-refractivity contribution >= 4 is 52.0 Å². The lowest BCUT2D eigenvalue weighted by atomic mass is 9.84. The van der Waals surface area contributed by atoms with Crippen LogP contribution in [0.2, 0.25) is 0 Å². The SMILES string of the molecule is CCn1c(-c2cccnc2[C@H](C)OC)c2c3cc(ccc31)-c1csc(n1)C[C@H](NC(=O)[C@H](C(C)C)N(C)C(=O)N1CCCCN(C(C)=O)C1)C(=O)N1CCC[C@H](N1)C(=O)OCC(C)(C)C2. The fraction of sp³-hybridized carbons (Fsp3) is 0.562. The standard InChI is InChI=1S/C48H65N9O7S/c1-10-56-39-18-17-32-23-34(39)35(43(56)33-15-13-19-49-41(33)30(4)63-9)25-48(6,7)27-64-46(61)36-16-14-22-57(52-36)45(60)37(24-40-50-38(32)26-65-40)51-44(59)42(29(2)3)53(8)47(62)55-21-12-11-20-54(28-55)31(5)58/h13,15,17-19,23,26,29-30,36-37,42,52H,10-12,14,16,20-22,24-25,27-28H2,1-9H3,(H,51,59)/t30-,36-,37-,42-/m0/s1. The molecule has 3 aliphatic heterocycles. The average molecular weight is 912 g/mol. The Bertz CT molecular complexity index is 2410. The Morgan fingerprint density at radius 3 is 2.54 bits per heavy atom. The number of rotatable bonds is 8. The summed E-state index contributed by atoms with van der Waals surface area (Å²) in [5.41, 5.74) is 9.27. The number of benzene rings is 1. The van der Waals surface area contributed by atoms with Crippen LogP contribution in [0.15, 0.2) is 41.9 Å².